The lowest BCUT2D eigenvalue weighted by atomic mass is 9.73. The van der Waals surface area contributed by atoms with Gasteiger partial charge in [-0.15, -0.1) is 0 Å². The summed E-state index contributed by atoms with van der Waals surface area (Å²) in [6.07, 6.45) is 11.0. The van der Waals surface area contributed by atoms with Crippen molar-refractivity contribution in [3.63, 3.8) is 0 Å². The fourth-order valence-electron chi connectivity index (χ4n) is 4.19. The van der Waals surface area contributed by atoms with Crippen LogP contribution in [0.2, 0.25) is 0 Å². The maximum Gasteiger partial charge on any atom is 0.257 e. The predicted octanol–water partition coefficient (Wildman–Crippen LogP) is 4.68. The van der Waals surface area contributed by atoms with Crippen LogP contribution in [0.4, 0.5) is 11.4 Å². The Morgan fingerprint density at radius 3 is 2.03 bits per heavy atom. The number of para-hydroxylation sites is 2. The Morgan fingerprint density at radius 1 is 0.867 bits per heavy atom. The van der Waals surface area contributed by atoms with E-state index in [1.807, 2.05) is 96.8 Å². The molecule has 2 amide bonds. The van der Waals surface area contributed by atoms with Gasteiger partial charge in [0.25, 0.3) is 5.91 Å². The van der Waals surface area contributed by atoms with Gasteiger partial charge < -0.3 is 4.90 Å². The minimum Gasteiger partial charge on any atom is -0.305 e. The maximum absolute atomic E-state index is 13.1. The van der Waals surface area contributed by atoms with Gasteiger partial charge in [-0.2, -0.15) is 0 Å². The van der Waals surface area contributed by atoms with E-state index < -0.39 is 0 Å². The minimum atomic E-state index is -0.318. The van der Waals surface area contributed by atoms with E-state index in [9.17, 15) is 9.59 Å². The second-order valence-electron chi connectivity index (χ2n) is 7.28. The van der Waals surface area contributed by atoms with Crippen molar-refractivity contribution in [3.8, 4) is 0 Å². The summed E-state index contributed by atoms with van der Waals surface area (Å²) in [7, 11) is 0. The summed E-state index contributed by atoms with van der Waals surface area (Å²) >= 11 is 0. The van der Waals surface area contributed by atoms with Crippen molar-refractivity contribution in [2.24, 2.45) is 5.92 Å². The molecule has 4 heteroatoms. The van der Waals surface area contributed by atoms with E-state index in [-0.39, 0.29) is 29.8 Å². The topological polar surface area (TPSA) is 40.6 Å². The number of carbonyl (C=O) groups is 2. The number of hydrogen-bond donors (Lipinski definition) is 0. The van der Waals surface area contributed by atoms with Crippen molar-refractivity contribution in [1.29, 1.82) is 0 Å². The van der Waals surface area contributed by atoms with E-state index in [0.29, 0.717) is 5.57 Å². The lowest BCUT2D eigenvalue weighted by molar-refractivity contribution is -0.130. The zero-order valence-corrected chi connectivity index (χ0v) is 16.9. The van der Waals surface area contributed by atoms with Gasteiger partial charge in [-0.1, -0.05) is 79.4 Å². The number of β-lactam (4-membered cyclic amide) rings is 2. The lowest BCUT2D eigenvalue weighted by Gasteiger charge is -2.56. The van der Waals surface area contributed by atoms with Crippen LogP contribution in [-0.4, -0.2) is 23.9 Å². The molecule has 2 fully saturated rings. The molecule has 0 aromatic heterocycles. The first-order valence-electron chi connectivity index (χ1n) is 10.1. The molecular weight excluding hydrogens is 372 g/mol. The SMILES string of the molecule is C=C/C=C/C1C(=O)N(c2ccccc2)C1C1/C(=C/C=C/C)C(=O)N1c1ccccc1. The lowest BCUT2D eigenvalue weighted by Crippen LogP contribution is -2.74. The first-order valence-corrected chi connectivity index (χ1v) is 10.1. The summed E-state index contributed by atoms with van der Waals surface area (Å²) < 4.78 is 0. The second kappa shape index (κ2) is 8.37. The first kappa shape index (κ1) is 19.6. The highest BCUT2D eigenvalue weighted by atomic mass is 16.2. The standard InChI is InChI=1S/C26H24N2O2/c1-3-5-17-21-23(27(25(21)29)19-13-9-7-10-14-19)24-22(18-6-4-2)26(30)28(24)20-15-11-8-12-16-20/h3-18,21,23-24H,1H2,2H3/b6-4+,17-5+,22-18-. The fraction of sp³-hybridized carbons (Fsp3) is 0.154. The van der Waals surface area contributed by atoms with Crippen molar-refractivity contribution < 1.29 is 9.59 Å². The van der Waals surface area contributed by atoms with Crippen molar-refractivity contribution in [2.75, 3.05) is 9.80 Å². The van der Waals surface area contributed by atoms with Crippen LogP contribution >= 0.6 is 0 Å². The van der Waals surface area contributed by atoms with Crippen molar-refractivity contribution in [3.05, 3.63) is 109 Å². The molecule has 0 bridgehead atoms. The average Bonchev–Trinajstić information content (AvgIpc) is 2.78. The van der Waals surface area contributed by atoms with E-state index in [1.54, 1.807) is 17.1 Å². The van der Waals surface area contributed by atoms with Crippen LogP contribution < -0.4 is 9.80 Å². The number of carbonyl (C=O) groups excluding carboxylic acids is 2. The molecule has 30 heavy (non-hydrogen) atoms. The quantitative estimate of drug-likeness (QED) is 0.404. The Bertz CT molecular complexity index is 1040. The Balaban J connectivity index is 1.79. The zero-order chi connectivity index (χ0) is 21.1. The number of anilines is 2. The van der Waals surface area contributed by atoms with Gasteiger partial charge in [0.1, 0.15) is 0 Å². The molecule has 2 heterocycles. The van der Waals surface area contributed by atoms with Crippen molar-refractivity contribution >= 4 is 23.2 Å². The third kappa shape index (κ3) is 3.20. The van der Waals surface area contributed by atoms with Crippen LogP contribution in [-0.2, 0) is 9.59 Å². The number of nitrogens with zero attached hydrogens (tertiary/aromatic N) is 2. The molecule has 3 atom stereocenters. The molecule has 4 rings (SSSR count). The van der Waals surface area contributed by atoms with E-state index in [1.165, 1.54) is 0 Å². The molecule has 2 saturated heterocycles. The molecule has 3 unspecified atom stereocenters. The fourth-order valence-corrected chi connectivity index (χ4v) is 4.19. The molecule has 0 N–H and O–H groups in total. The largest absolute Gasteiger partial charge is 0.305 e. The van der Waals surface area contributed by atoms with Gasteiger partial charge in [0.15, 0.2) is 0 Å². The van der Waals surface area contributed by atoms with Crippen LogP contribution in [0.3, 0.4) is 0 Å². The highest BCUT2D eigenvalue weighted by Crippen LogP contribution is 2.44. The van der Waals surface area contributed by atoms with Crippen LogP contribution in [0.25, 0.3) is 0 Å². The summed E-state index contributed by atoms with van der Waals surface area (Å²) in [5, 5.41) is 0. The minimum absolute atomic E-state index is 0.0249. The van der Waals surface area contributed by atoms with Gasteiger partial charge in [0.2, 0.25) is 5.91 Å². The number of amides is 2. The molecule has 0 aliphatic carbocycles. The Kier molecular flexibility index (Phi) is 5.48. The maximum atomic E-state index is 13.1. The average molecular weight is 396 g/mol. The number of rotatable bonds is 6. The van der Waals surface area contributed by atoms with Gasteiger partial charge in [0.05, 0.1) is 18.0 Å². The van der Waals surface area contributed by atoms with E-state index in [2.05, 4.69) is 6.58 Å². The predicted molar refractivity (Wildman–Crippen MR) is 121 cm³/mol. The molecule has 2 aromatic rings. The molecule has 150 valence electrons. The molecule has 2 aromatic carbocycles. The van der Waals surface area contributed by atoms with Gasteiger partial charge in [-0.05, 0) is 31.2 Å². The first-order chi connectivity index (χ1) is 14.7. The molecule has 2 aliphatic rings. The number of allylic oxidation sites excluding steroid dienone is 5. The highest BCUT2D eigenvalue weighted by Gasteiger charge is 2.59. The summed E-state index contributed by atoms with van der Waals surface area (Å²) in [5.41, 5.74) is 2.39. The summed E-state index contributed by atoms with van der Waals surface area (Å²) in [5.74, 6) is -0.313. The summed E-state index contributed by atoms with van der Waals surface area (Å²) in [6, 6.07) is 18.8. The smallest absolute Gasteiger partial charge is 0.257 e. The number of hydrogen-bond acceptors (Lipinski definition) is 2. The molecule has 2 aliphatic heterocycles. The molecule has 4 nitrogen and oxygen atoms in total. The van der Waals surface area contributed by atoms with Gasteiger partial charge in [-0.3, -0.25) is 14.5 Å². The van der Waals surface area contributed by atoms with Crippen LogP contribution in [0.15, 0.2) is 109 Å². The van der Waals surface area contributed by atoms with E-state index in [0.717, 1.165) is 11.4 Å². The van der Waals surface area contributed by atoms with Crippen molar-refractivity contribution in [2.45, 2.75) is 19.0 Å². The Hall–Kier alpha value is -3.66. The van der Waals surface area contributed by atoms with Crippen LogP contribution in [0.1, 0.15) is 6.92 Å². The van der Waals surface area contributed by atoms with Crippen LogP contribution in [0, 0.1) is 5.92 Å². The third-order valence-electron chi connectivity index (χ3n) is 5.57. The summed E-state index contributed by atoms with van der Waals surface area (Å²) in [4.78, 5) is 29.7. The molecule has 0 saturated carbocycles. The Labute approximate surface area is 177 Å². The number of benzene rings is 2. The molecule has 0 spiro atoms. The third-order valence-corrected chi connectivity index (χ3v) is 5.57. The highest BCUT2D eigenvalue weighted by molar-refractivity contribution is 6.17. The molecular formula is C26H24N2O2. The van der Waals surface area contributed by atoms with E-state index in [4.69, 9.17) is 0 Å². The van der Waals surface area contributed by atoms with Crippen LogP contribution in [0.5, 0.6) is 0 Å². The normalized spacial score (nSPS) is 25.1. The Morgan fingerprint density at radius 2 is 1.47 bits per heavy atom. The second-order valence-corrected chi connectivity index (χ2v) is 7.28. The van der Waals surface area contributed by atoms with E-state index >= 15 is 0 Å². The van der Waals surface area contributed by atoms with Gasteiger partial charge in [0, 0.05) is 16.9 Å². The van der Waals surface area contributed by atoms with Gasteiger partial charge >= 0.3 is 0 Å². The van der Waals surface area contributed by atoms with Gasteiger partial charge in [-0.25, -0.2) is 0 Å². The zero-order valence-electron chi connectivity index (χ0n) is 16.9. The molecule has 0 radical (unpaired) electrons. The monoisotopic (exact) mass is 396 g/mol. The van der Waals surface area contributed by atoms with Crippen molar-refractivity contribution in [1.82, 2.24) is 0 Å². The summed E-state index contributed by atoms with van der Waals surface area (Å²) in [6.45, 7) is 5.65.